The van der Waals surface area contributed by atoms with Crippen LogP contribution in [0.15, 0.2) is 156 Å². The third-order valence-electron chi connectivity index (χ3n) is 9.99. The van der Waals surface area contributed by atoms with Crippen molar-refractivity contribution in [2.45, 2.75) is 13.0 Å². The van der Waals surface area contributed by atoms with Gasteiger partial charge in [0.05, 0.1) is 34.1 Å². The molecule has 0 N–H and O–H groups in total. The van der Waals surface area contributed by atoms with E-state index in [0.29, 0.717) is 5.92 Å². The Morgan fingerprint density at radius 1 is 0.543 bits per heavy atom. The standard InChI is InChI=1S/C43H30N2O/c1-27-11-2-4-18-36(27)44-38-19-5-6-20-39(38)45-37-24-23-29(26-35(37)33-16-10-21-40(44)42(33)45)28-12-8-13-30(25-28)31-15-9-17-34-32-14-3-7-22-41(32)46-43(31)34/h2-27,36H,1H3. The zero-order valence-electron chi connectivity index (χ0n) is 25.4. The van der Waals surface area contributed by atoms with Gasteiger partial charge in [0, 0.05) is 27.1 Å². The Kier molecular flexibility index (Phi) is 5.32. The molecule has 0 spiro atoms. The van der Waals surface area contributed by atoms with E-state index in [4.69, 9.17) is 4.42 Å². The number of anilines is 2. The third kappa shape index (κ3) is 3.54. The molecule has 0 bridgehead atoms. The lowest BCUT2D eigenvalue weighted by Crippen LogP contribution is -2.37. The van der Waals surface area contributed by atoms with Gasteiger partial charge in [-0.2, -0.15) is 0 Å². The van der Waals surface area contributed by atoms with Gasteiger partial charge in [-0.15, -0.1) is 0 Å². The van der Waals surface area contributed by atoms with Gasteiger partial charge in [-0.05, 0) is 65.1 Å². The molecule has 0 amide bonds. The maximum absolute atomic E-state index is 6.39. The highest BCUT2D eigenvalue weighted by Crippen LogP contribution is 2.49. The average molecular weight is 591 g/mol. The Morgan fingerprint density at radius 3 is 2.20 bits per heavy atom. The summed E-state index contributed by atoms with van der Waals surface area (Å²) in [4.78, 5) is 2.55. The van der Waals surface area contributed by atoms with Gasteiger partial charge in [-0.3, -0.25) is 0 Å². The summed E-state index contributed by atoms with van der Waals surface area (Å²) in [7, 11) is 0. The first kappa shape index (κ1) is 25.5. The molecule has 10 rings (SSSR count). The molecule has 0 saturated carbocycles. The van der Waals surface area contributed by atoms with E-state index in [1.165, 1.54) is 50.0 Å². The maximum Gasteiger partial charge on any atom is 0.143 e. The van der Waals surface area contributed by atoms with Crippen molar-refractivity contribution in [3.8, 4) is 27.9 Å². The minimum absolute atomic E-state index is 0.248. The lowest BCUT2D eigenvalue weighted by Gasteiger charge is -2.40. The predicted molar refractivity (Wildman–Crippen MR) is 192 cm³/mol. The molecule has 3 heteroatoms. The van der Waals surface area contributed by atoms with Crippen molar-refractivity contribution in [2.75, 3.05) is 4.90 Å². The molecule has 2 atom stereocenters. The zero-order chi connectivity index (χ0) is 30.4. The van der Waals surface area contributed by atoms with Crippen molar-refractivity contribution in [3.63, 3.8) is 0 Å². The fourth-order valence-corrected chi connectivity index (χ4v) is 7.85. The Morgan fingerprint density at radius 2 is 1.26 bits per heavy atom. The number of nitrogens with zero attached hydrogens (tertiary/aromatic N) is 2. The first-order valence-electron chi connectivity index (χ1n) is 16.1. The fraction of sp³-hybridized carbons (Fsp3) is 0.0698. The van der Waals surface area contributed by atoms with Crippen LogP contribution >= 0.6 is 0 Å². The van der Waals surface area contributed by atoms with E-state index in [1.807, 2.05) is 12.1 Å². The van der Waals surface area contributed by atoms with E-state index in [9.17, 15) is 0 Å². The van der Waals surface area contributed by atoms with Crippen LogP contribution < -0.4 is 4.90 Å². The van der Waals surface area contributed by atoms with Crippen LogP contribution in [0.4, 0.5) is 11.4 Å². The molecule has 1 aliphatic heterocycles. The van der Waals surface area contributed by atoms with E-state index >= 15 is 0 Å². The molecule has 218 valence electrons. The maximum atomic E-state index is 6.39. The largest absolute Gasteiger partial charge is 0.455 e. The molecule has 6 aromatic carbocycles. The van der Waals surface area contributed by atoms with Crippen LogP contribution in [0.3, 0.4) is 0 Å². The monoisotopic (exact) mass is 590 g/mol. The van der Waals surface area contributed by atoms with Crippen molar-refractivity contribution in [1.29, 1.82) is 0 Å². The number of fused-ring (bicyclic) bond motifs is 8. The summed E-state index contributed by atoms with van der Waals surface area (Å²) in [5, 5.41) is 4.85. The summed E-state index contributed by atoms with van der Waals surface area (Å²) in [5.74, 6) is 0.397. The lowest BCUT2D eigenvalue weighted by molar-refractivity contribution is 0.608. The topological polar surface area (TPSA) is 21.3 Å². The van der Waals surface area contributed by atoms with Gasteiger partial charge < -0.3 is 13.9 Å². The molecule has 3 nitrogen and oxygen atoms in total. The van der Waals surface area contributed by atoms with Crippen LogP contribution in [-0.2, 0) is 0 Å². The molecular formula is C43H30N2O. The SMILES string of the molecule is CC1C=CC=CC1N1c2ccccc2-n2c3ccc(-c4cccc(-c5cccc6c5oc5ccccc56)c4)cc3c3cccc1c32. The van der Waals surface area contributed by atoms with E-state index in [2.05, 4.69) is 156 Å². The smallest absolute Gasteiger partial charge is 0.143 e. The van der Waals surface area contributed by atoms with E-state index in [1.54, 1.807) is 0 Å². The number of furan rings is 1. The molecule has 46 heavy (non-hydrogen) atoms. The Bertz CT molecular complexity index is 2580. The van der Waals surface area contributed by atoms with Crippen LogP contribution in [0.25, 0.3) is 71.7 Å². The summed E-state index contributed by atoms with van der Waals surface area (Å²) in [5.41, 5.74) is 12.7. The van der Waals surface area contributed by atoms with Gasteiger partial charge in [-0.1, -0.05) is 116 Å². The molecule has 0 fully saturated rings. The molecule has 3 heterocycles. The summed E-state index contributed by atoms with van der Waals surface area (Å²) >= 11 is 0. The molecule has 2 aliphatic rings. The van der Waals surface area contributed by atoms with Crippen molar-refractivity contribution >= 4 is 55.1 Å². The minimum atomic E-state index is 0.248. The highest BCUT2D eigenvalue weighted by molar-refractivity contribution is 6.16. The Hall–Kier alpha value is -5.80. The number of para-hydroxylation sites is 5. The van der Waals surface area contributed by atoms with Crippen LogP contribution in [0.5, 0.6) is 0 Å². The van der Waals surface area contributed by atoms with Gasteiger partial charge in [0.25, 0.3) is 0 Å². The minimum Gasteiger partial charge on any atom is -0.455 e. The molecule has 8 aromatic rings. The quantitative estimate of drug-likeness (QED) is 0.204. The van der Waals surface area contributed by atoms with Crippen molar-refractivity contribution < 1.29 is 4.42 Å². The molecule has 0 saturated heterocycles. The third-order valence-corrected chi connectivity index (χ3v) is 9.99. The van der Waals surface area contributed by atoms with Gasteiger partial charge >= 0.3 is 0 Å². The van der Waals surface area contributed by atoms with Crippen LogP contribution in [0.1, 0.15) is 6.92 Å². The lowest BCUT2D eigenvalue weighted by atomic mass is 9.93. The number of hydrogen-bond donors (Lipinski definition) is 0. The van der Waals surface area contributed by atoms with Crippen LogP contribution in [0.2, 0.25) is 0 Å². The fourth-order valence-electron chi connectivity index (χ4n) is 7.85. The number of rotatable bonds is 3. The Balaban J connectivity index is 1.16. The highest BCUT2D eigenvalue weighted by Gasteiger charge is 2.32. The van der Waals surface area contributed by atoms with E-state index in [-0.39, 0.29) is 6.04 Å². The highest BCUT2D eigenvalue weighted by atomic mass is 16.3. The van der Waals surface area contributed by atoms with Gasteiger partial charge in [0.1, 0.15) is 11.2 Å². The first-order chi connectivity index (χ1) is 22.7. The molecule has 1 aliphatic carbocycles. The molecular weight excluding hydrogens is 560 g/mol. The van der Waals surface area contributed by atoms with Crippen LogP contribution in [0, 0.1) is 5.92 Å². The molecule has 2 aromatic heterocycles. The van der Waals surface area contributed by atoms with E-state index in [0.717, 1.165) is 33.1 Å². The van der Waals surface area contributed by atoms with Gasteiger partial charge in [-0.25, -0.2) is 0 Å². The summed E-state index contributed by atoms with van der Waals surface area (Å²) in [6.07, 6.45) is 9.01. The first-order valence-corrected chi connectivity index (χ1v) is 16.1. The summed E-state index contributed by atoms with van der Waals surface area (Å²) in [6.45, 7) is 2.31. The normalized spacial score (nSPS) is 17.0. The zero-order valence-corrected chi connectivity index (χ0v) is 25.4. The predicted octanol–water partition coefficient (Wildman–Crippen LogP) is 11.6. The number of hydrogen-bond acceptors (Lipinski definition) is 2. The van der Waals surface area contributed by atoms with Crippen LogP contribution in [-0.4, -0.2) is 10.6 Å². The second-order valence-electron chi connectivity index (χ2n) is 12.6. The number of benzene rings is 6. The van der Waals surface area contributed by atoms with Crippen molar-refractivity contribution in [3.05, 3.63) is 152 Å². The molecule has 2 unspecified atom stereocenters. The van der Waals surface area contributed by atoms with E-state index < -0.39 is 0 Å². The average Bonchev–Trinajstić information content (AvgIpc) is 3.66. The molecule has 0 radical (unpaired) electrons. The van der Waals surface area contributed by atoms with Crippen molar-refractivity contribution in [1.82, 2.24) is 4.57 Å². The van der Waals surface area contributed by atoms with Gasteiger partial charge in [0.2, 0.25) is 0 Å². The van der Waals surface area contributed by atoms with Gasteiger partial charge in [0.15, 0.2) is 0 Å². The second-order valence-corrected chi connectivity index (χ2v) is 12.6. The summed E-state index contributed by atoms with van der Waals surface area (Å²) < 4.78 is 8.87. The Labute approximate surface area is 266 Å². The number of aromatic nitrogens is 1. The summed E-state index contributed by atoms with van der Waals surface area (Å²) in [6, 6.07) is 46.4. The van der Waals surface area contributed by atoms with Crippen molar-refractivity contribution in [2.24, 2.45) is 5.92 Å². The number of allylic oxidation sites excluding steroid dienone is 2. The second kappa shape index (κ2) is 9.60.